The van der Waals surface area contributed by atoms with Gasteiger partial charge in [-0.15, -0.1) is 0 Å². The molecule has 1 aromatic heterocycles. The smallest absolute Gasteiger partial charge is 0.435 e. The number of amides is 1. The van der Waals surface area contributed by atoms with Crippen molar-refractivity contribution in [3.8, 4) is 11.6 Å². The van der Waals surface area contributed by atoms with Crippen molar-refractivity contribution in [3.63, 3.8) is 0 Å². The van der Waals surface area contributed by atoms with Gasteiger partial charge >= 0.3 is 13.7 Å². The van der Waals surface area contributed by atoms with Crippen molar-refractivity contribution in [1.29, 1.82) is 0 Å². The highest BCUT2D eigenvalue weighted by Gasteiger charge is 2.36. The number of hydrogen-bond acceptors (Lipinski definition) is 3. The third-order valence-corrected chi connectivity index (χ3v) is 4.99. The second-order valence-electron chi connectivity index (χ2n) is 6.39. The summed E-state index contributed by atoms with van der Waals surface area (Å²) in [5.74, 6) is -1.05. The molecule has 0 unspecified atom stereocenters. The zero-order valence-corrected chi connectivity index (χ0v) is 18.1. The van der Waals surface area contributed by atoms with Crippen LogP contribution in [0.1, 0.15) is 11.3 Å². The minimum absolute atomic E-state index is 0.126. The topological polar surface area (TPSA) is 56.1 Å². The molecule has 0 fully saturated rings. The molecule has 3 rings (SSSR count). The Labute approximate surface area is 188 Å². The van der Waals surface area contributed by atoms with Crippen molar-refractivity contribution in [2.45, 2.75) is 13.1 Å². The van der Waals surface area contributed by atoms with Crippen LogP contribution < -0.4 is 15.5 Å². The number of para-hydroxylation sites is 1. The minimum atomic E-state index is -4.73. The van der Waals surface area contributed by atoms with Crippen molar-refractivity contribution in [1.82, 2.24) is 9.78 Å². The van der Waals surface area contributed by atoms with Crippen LogP contribution >= 0.6 is 27.5 Å². The molecule has 0 bridgehead atoms. The van der Waals surface area contributed by atoms with Gasteiger partial charge in [-0.25, -0.2) is 0 Å². The fraction of sp³-hybridized carbons (Fsp3) is 0.158. The second kappa shape index (κ2) is 9.31. The standard InChI is InChI=1S/C19H13BBrClF4N3O2/c1-10-6-11(20-26)18(12(21)7-10)27-16(30)9-31-17-8-15(19(23,24)25)28-29(17)14-5-3-2-4-13(14)22/h2-8H,9H2,1H3,(H,27,30). The Morgan fingerprint density at radius 3 is 2.65 bits per heavy atom. The quantitative estimate of drug-likeness (QED) is 0.376. The second-order valence-corrected chi connectivity index (χ2v) is 7.65. The van der Waals surface area contributed by atoms with E-state index >= 15 is 0 Å². The van der Waals surface area contributed by atoms with E-state index in [2.05, 4.69) is 26.3 Å². The van der Waals surface area contributed by atoms with Crippen molar-refractivity contribution in [3.05, 3.63) is 63.2 Å². The first kappa shape index (κ1) is 23.1. The van der Waals surface area contributed by atoms with Crippen LogP contribution in [0, 0.1) is 6.92 Å². The van der Waals surface area contributed by atoms with Gasteiger partial charge in [-0.1, -0.05) is 35.4 Å². The third-order valence-electron chi connectivity index (χ3n) is 4.05. The van der Waals surface area contributed by atoms with E-state index in [1.54, 1.807) is 25.1 Å². The molecule has 1 N–H and O–H groups in total. The van der Waals surface area contributed by atoms with Crippen molar-refractivity contribution in [2.75, 3.05) is 11.9 Å². The van der Waals surface area contributed by atoms with Gasteiger partial charge in [0.1, 0.15) is 0 Å². The van der Waals surface area contributed by atoms with Gasteiger partial charge in [-0.3, -0.25) is 4.79 Å². The number of halogens is 6. The van der Waals surface area contributed by atoms with Gasteiger partial charge in [0.05, 0.1) is 16.4 Å². The number of nitrogens with one attached hydrogen (secondary N) is 1. The average Bonchev–Trinajstić information content (AvgIpc) is 3.13. The summed E-state index contributed by atoms with van der Waals surface area (Å²) in [5, 5.41) is 6.13. The van der Waals surface area contributed by atoms with Crippen molar-refractivity contribution in [2.24, 2.45) is 0 Å². The Morgan fingerprint density at radius 2 is 2.00 bits per heavy atom. The Bertz CT molecular complexity index is 1120. The lowest BCUT2D eigenvalue weighted by molar-refractivity contribution is -0.141. The molecule has 0 saturated heterocycles. The first-order chi connectivity index (χ1) is 14.6. The van der Waals surface area contributed by atoms with E-state index in [1.165, 1.54) is 18.2 Å². The number of carbonyl (C=O) groups excluding carboxylic acids is 1. The average molecular weight is 517 g/mol. The first-order valence-corrected chi connectivity index (χ1v) is 9.85. The lowest BCUT2D eigenvalue weighted by Gasteiger charge is -2.13. The molecule has 31 heavy (non-hydrogen) atoms. The molecule has 5 nitrogen and oxygen atoms in total. The first-order valence-electron chi connectivity index (χ1n) is 8.68. The van der Waals surface area contributed by atoms with Crippen LogP contribution in [-0.4, -0.2) is 29.9 Å². The predicted octanol–water partition coefficient (Wildman–Crippen LogP) is 4.85. The molecule has 0 saturated carbocycles. The SMILES string of the molecule is Cc1cc(Br)c(NC(=O)COc2cc(C(F)(F)F)nn2-c2ccccc2Cl)c([B]F)c1. The van der Waals surface area contributed by atoms with Crippen LogP contribution in [0.25, 0.3) is 5.69 Å². The van der Waals surface area contributed by atoms with Crippen LogP contribution in [0.3, 0.4) is 0 Å². The molecule has 161 valence electrons. The van der Waals surface area contributed by atoms with E-state index in [0.29, 0.717) is 18.1 Å². The number of ether oxygens (including phenoxy) is 1. The molecule has 0 atom stereocenters. The molecule has 0 aliphatic carbocycles. The summed E-state index contributed by atoms with van der Waals surface area (Å²) in [6, 6.07) is 9.96. The van der Waals surface area contributed by atoms with Gasteiger partial charge < -0.3 is 14.4 Å². The monoisotopic (exact) mass is 516 g/mol. The summed E-state index contributed by atoms with van der Waals surface area (Å²) in [6.07, 6.45) is -4.73. The largest absolute Gasteiger partial charge is 0.467 e. The Morgan fingerprint density at radius 1 is 1.29 bits per heavy atom. The molecule has 1 radical (unpaired) electrons. The Hall–Kier alpha value is -2.53. The number of rotatable bonds is 6. The van der Waals surface area contributed by atoms with Gasteiger partial charge in [-0.05, 0) is 46.5 Å². The van der Waals surface area contributed by atoms with Crippen LogP contribution in [0.5, 0.6) is 5.88 Å². The van der Waals surface area contributed by atoms with E-state index in [-0.39, 0.29) is 27.7 Å². The normalized spacial score (nSPS) is 11.3. The number of aryl methyl sites for hydroxylation is 1. The number of carbonyl (C=O) groups is 1. The lowest BCUT2D eigenvalue weighted by atomic mass is 9.88. The predicted molar refractivity (Wildman–Crippen MR) is 113 cm³/mol. The number of benzene rings is 2. The molecular formula is C19H13BBrClF4N3O2. The van der Waals surface area contributed by atoms with Crippen LogP contribution in [0.4, 0.5) is 23.2 Å². The van der Waals surface area contributed by atoms with Crippen LogP contribution in [0.15, 0.2) is 46.9 Å². The van der Waals surface area contributed by atoms with Crippen molar-refractivity contribution >= 4 is 52.1 Å². The molecule has 0 aliphatic rings. The maximum absolute atomic E-state index is 13.2. The molecule has 1 heterocycles. The summed E-state index contributed by atoms with van der Waals surface area (Å²) in [7, 11) is 0.330. The number of aromatic nitrogens is 2. The van der Waals surface area contributed by atoms with Gasteiger partial charge in [0.25, 0.3) is 5.91 Å². The lowest BCUT2D eigenvalue weighted by Crippen LogP contribution is -2.26. The Balaban J connectivity index is 1.84. The van der Waals surface area contributed by atoms with Gasteiger partial charge in [0, 0.05) is 10.5 Å². The van der Waals surface area contributed by atoms with E-state index in [9.17, 15) is 22.3 Å². The van der Waals surface area contributed by atoms with E-state index in [1.807, 2.05) is 0 Å². The Kier molecular flexibility index (Phi) is 6.95. The highest BCUT2D eigenvalue weighted by molar-refractivity contribution is 9.10. The van der Waals surface area contributed by atoms with E-state index in [0.717, 1.165) is 10.2 Å². The fourth-order valence-corrected chi connectivity index (χ4v) is 3.61. The fourth-order valence-electron chi connectivity index (χ4n) is 2.70. The minimum Gasteiger partial charge on any atom is -0.467 e. The van der Waals surface area contributed by atoms with Gasteiger partial charge in [-0.2, -0.15) is 23.0 Å². The van der Waals surface area contributed by atoms with Crippen LogP contribution in [0.2, 0.25) is 5.02 Å². The molecule has 3 aromatic rings. The molecule has 0 aliphatic heterocycles. The molecule has 1 amide bonds. The van der Waals surface area contributed by atoms with E-state index < -0.39 is 24.4 Å². The highest BCUT2D eigenvalue weighted by atomic mass is 79.9. The summed E-state index contributed by atoms with van der Waals surface area (Å²) >= 11 is 9.31. The number of nitrogens with zero attached hydrogens (tertiary/aromatic N) is 2. The summed E-state index contributed by atoms with van der Waals surface area (Å²) in [6.45, 7) is 1.10. The number of anilines is 1. The molecule has 12 heteroatoms. The number of alkyl halides is 3. The third kappa shape index (κ3) is 5.40. The summed E-state index contributed by atoms with van der Waals surface area (Å²) in [5.41, 5.74) is -0.0181. The highest BCUT2D eigenvalue weighted by Crippen LogP contribution is 2.33. The zero-order chi connectivity index (χ0) is 22.8. The zero-order valence-electron chi connectivity index (χ0n) is 15.8. The maximum Gasteiger partial charge on any atom is 0.435 e. The summed E-state index contributed by atoms with van der Waals surface area (Å²) < 4.78 is 59.3. The van der Waals surface area contributed by atoms with Crippen LogP contribution in [-0.2, 0) is 11.0 Å². The number of hydrogen-bond donors (Lipinski definition) is 1. The van der Waals surface area contributed by atoms with Gasteiger partial charge in [0.15, 0.2) is 12.3 Å². The maximum atomic E-state index is 13.2. The van der Waals surface area contributed by atoms with E-state index in [4.69, 9.17) is 16.3 Å². The molecule has 0 spiro atoms. The molecule has 2 aromatic carbocycles. The summed E-state index contributed by atoms with van der Waals surface area (Å²) in [4.78, 5) is 12.3. The molecular weight excluding hydrogens is 504 g/mol. The van der Waals surface area contributed by atoms with Gasteiger partial charge in [0.2, 0.25) is 5.88 Å². The van der Waals surface area contributed by atoms with Crippen molar-refractivity contribution < 1.29 is 27.0 Å².